The van der Waals surface area contributed by atoms with Crippen LogP contribution in [0.5, 0.6) is 5.75 Å². The number of carbonyl (C=O) groups excluding carboxylic acids is 2. The summed E-state index contributed by atoms with van der Waals surface area (Å²) in [6, 6.07) is 7.48. The summed E-state index contributed by atoms with van der Waals surface area (Å²) >= 11 is 0. The van der Waals surface area contributed by atoms with Gasteiger partial charge in [-0.1, -0.05) is 44.6 Å². The lowest BCUT2D eigenvalue weighted by Gasteiger charge is -2.29. The molecular weight excluding hydrogens is 330 g/mol. The number of nitrogens with one attached hydrogen (secondary N) is 1. The minimum absolute atomic E-state index is 0.187. The Morgan fingerprint density at radius 2 is 1.96 bits per heavy atom. The topological polar surface area (TPSA) is 64.6 Å². The predicted molar refractivity (Wildman–Crippen MR) is 102 cm³/mol. The van der Waals surface area contributed by atoms with E-state index in [0.29, 0.717) is 12.5 Å². The predicted octanol–water partition coefficient (Wildman–Crippen LogP) is 3.50. The van der Waals surface area contributed by atoms with Gasteiger partial charge in [-0.05, 0) is 42.5 Å². The van der Waals surface area contributed by atoms with E-state index in [-0.39, 0.29) is 18.6 Å². The maximum atomic E-state index is 11.9. The Labute approximate surface area is 155 Å². The van der Waals surface area contributed by atoms with Gasteiger partial charge in [0.05, 0.1) is 0 Å². The fourth-order valence-corrected chi connectivity index (χ4v) is 2.96. The second kappa shape index (κ2) is 10.4. The molecule has 26 heavy (non-hydrogen) atoms. The average molecular weight is 357 g/mol. The molecular formula is C21H27NO4. The van der Waals surface area contributed by atoms with Crippen LogP contribution >= 0.6 is 0 Å². The van der Waals surface area contributed by atoms with Crippen LogP contribution in [0.4, 0.5) is 0 Å². The maximum Gasteiger partial charge on any atom is 0.331 e. The lowest BCUT2D eigenvalue weighted by molar-refractivity contribution is -0.144. The van der Waals surface area contributed by atoms with Crippen molar-refractivity contribution in [3.05, 3.63) is 48.6 Å². The number of esters is 1. The molecule has 0 saturated heterocycles. The summed E-state index contributed by atoms with van der Waals surface area (Å²) in [5.41, 5.74) is 0.841. The molecule has 5 heteroatoms. The molecule has 0 radical (unpaired) electrons. The van der Waals surface area contributed by atoms with Crippen molar-refractivity contribution in [2.45, 2.75) is 38.6 Å². The highest BCUT2D eigenvalue weighted by Gasteiger charge is 2.22. The molecule has 0 heterocycles. The van der Waals surface area contributed by atoms with E-state index in [2.05, 4.69) is 18.8 Å². The summed E-state index contributed by atoms with van der Waals surface area (Å²) in [5, 5.41) is 2.96. The van der Waals surface area contributed by atoms with Crippen LogP contribution < -0.4 is 10.1 Å². The molecule has 0 aromatic heterocycles. The Kier molecular flexibility index (Phi) is 7.93. The van der Waals surface area contributed by atoms with Crippen molar-refractivity contribution in [2.24, 2.45) is 5.92 Å². The average Bonchev–Trinajstić information content (AvgIpc) is 2.65. The molecule has 140 valence electrons. The van der Waals surface area contributed by atoms with Crippen LogP contribution in [0.1, 0.15) is 38.2 Å². The van der Waals surface area contributed by atoms with Crippen molar-refractivity contribution in [1.29, 1.82) is 0 Å². The molecule has 1 fully saturated rings. The van der Waals surface area contributed by atoms with Crippen molar-refractivity contribution in [3.8, 4) is 5.75 Å². The van der Waals surface area contributed by atoms with Gasteiger partial charge in [0.2, 0.25) is 0 Å². The van der Waals surface area contributed by atoms with E-state index in [4.69, 9.17) is 9.47 Å². The first kappa shape index (κ1) is 19.8. The molecule has 1 N–H and O–H groups in total. The maximum absolute atomic E-state index is 11.9. The van der Waals surface area contributed by atoms with Crippen molar-refractivity contribution in [1.82, 2.24) is 5.32 Å². The third-order valence-corrected chi connectivity index (χ3v) is 4.46. The second-order valence-electron chi connectivity index (χ2n) is 6.55. The molecule has 0 spiro atoms. The summed E-state index contributed by atoms with van der Waals surface area (Å²) in [6.45, 7) is 5.94. The van der Waals surface area contributed by atoms with Gasteiger partial charge in [-0.15, -0.1) is 0 Å². The summed E-state index contributed by atoms with van der Waals surface area (Å²) < 4.78 is 10.4. The number of amides is 1. The third kappa shape index (κ3) is 6.75. The first-order valence-corrected chi connectivity index (χ1v) is 9.06. The van der Waals surface area contributed by atoms with E-state index in [1.54, 1.807) is 12.2 Å². The van der Waals surface area contributed by atoms with E-state index < -0.39 is 5.97 Å². The molecule has 5 nitrogen and oxygen atoms in total. The van der Waals surface area contributed by atoms with Crippen LogP contribution in [0.25, 0.3) is 6.08 Å². The molecule has 2 rings (SSSR count). The van der Waals surface area contributed by atoms with E-state index >= 15 is 0 Å². The van der Waals surface area contributed by atoms with Crippen molar-refractivity contribution in [2.75, 3.05) is 13.2 Å². The van der Waals surface area contributed by atoms with Gasteiger partial charge in [0.25, 0.3) is 5.91 Å². The molecule has 1 aromatic carbocycles. The minimum atomic E-state index is -0.538. The van der Waals surface area contributed by atoms with Gasteiger partial charge in [-0.25, -0.2) is 4.79 Å². The Morgan fingerprint density at radius 3 is 2.65 bits per heavy atom. The first-order chi connectivity index (χ1) is 12.6. The zero-order valence-corrected chi connectivity index (χ0v) is 15.3. The Bertz CT molecular complexity index is 636. The summed E-state index contributed by atoms with van der Waals surface area (Å²) in [4.78, 5) is 23.7. The fraction of sp³-hybridized carbons (Fsp3) is 0.429. The van der Waals surface area contributed by atoms with Gasteiger partial charge in [0.15, 0.2) is 6.61 Å². The lowest BCUT2D eigenvalue weighted by Crippen LogP contribution is -2.42. The number of carbonyl (C=O) groups is 2. The highest BCUT2D eigenvalue weighted by atomic mass is 16.5. The lowest BCUT2D eigenvalue weighted by atomic mass is 9.86. The summed E-state index contributed by atoms with van der Waals surface area (Å²) in [5.74, 6) is 0.429. The largest absolute Gasteiger partial charge is 0.490 e. The number of ether oxygens (including phenoxy) is 2. The number of hydrogen-bond donors (Lipinski definition) is 1. The first-order valence-electron chi connectivity index (χ1n) is 9.06. The normalized spacial score (nSPS) is 19.7. The third-order valence-electron chi connectivity index (χ3n) is 4.46. The van der Waals surface area contributed by atoms with Crippen molar-refractivity contribution in [3.63, 3.8) is 0 Å². The highest BCUT2D eigenvalue weighted by molar-refractivity contribution is 5.89. The van der Waals surface area contributed by atoms with Gasteiger partial charge in [-0.3, -0.25) is 4.79 Å². The minimum Gasteiger partial charge on any atom is -0.490 e. The monoisotopic (exact) mass is 357 g/mol. The number of benzene rings is 1. The number of rotatable bonds is 8. The Morgan fingerprint density at radius 1 is 1.23 bits per heavy atom. The standard InChI is InChI=1S/C21H27NO4/c1-3-14-25-18-11-8-17(9-12-18)10-13-21(24)26-15-20(23)22-19-7-5-4-6-16(19)2/h3,8-13,16,19H,1,4-7,14-15H2,2H3,(H,22,23)/b13-10+/t16-,19-/m0/s1. The Balaban J connectivity index is 1.72. The highest BCUT2D eigenvalue weighted by Crippen LogP contribution is 2.23. The SMILES string of the molecule is C=CCOc1ccc(/C=C/C(=O)OCC(=O)N[C@H]2CCCC[C@@H]2C)cc1. The molecule has 1 aliphatic carbocycles. The van der Waals surface area contributed by atoms with Gasteiger partial charge < -0.3 is 14.8 Å². The molecule has 1 saturated carbocycles. The molecule has 0 aliphatic heterocycles. The molecule has 0 unspecified atom stereocenters. The van der Waals surface area contributed by atoms with Gasteiger partial charge >= 0.3 is 5.97 Å². The van der Waals surface area contributed by atoms with Crippen LogP contribution in [0.15, 0.2) is 43.0 Å². The van der Waals surface area contributed by atoms with Crippen molar-refractivity contribution >= 4 is 18.0 Å². The van der Waals surface area contributed by atoms with Gasteiger partial charge in [-0.2, -0.15) is 0 Å². The molecule has 2 atom stereocenters. The van der Waals surface area contributed by atoms with Crippen molar-refractivity contribution < 1.29 is 19.1 Å². The van der Waals surface area contributed by atoms with Gasteiger partial charge in [0, 0.05) is 12.1 Å². The second-order valence-corrected chi connectivity index (χ2v) is 6.55. The van der Waals surface area contributed by atoms with Gasteiger partial charge in [0.1, 0.15) is 12.4 Å². The fourth-order valence-electron chi connectivity index (χ4n) is 2.96. The van der Waals surface area contributed by atoms with E-state index in [0.717, 1.165) is 30.6 Å². The summed E-state index contributed by atoms with van der Waals surface area (Å²) in [6.07, 6.45) is 9.10. The number of hydrogen-bond acceptors (Lipinski definition) is 4. The van der Waals surface area contributed by atoms with Crippen LogP contribution in [0.2, 0.25) is 0 Å². The van der Waals surface area contributed by atoms with Crippen LogP contribution in [-0.4, -0.2) is 31.1 Å². The molecule has 0 bridgehead atoms. The van der Waals surface area contributed by atoms with Crippen LogP contribution in [0.3, 0.4) is 0 Å². The van der Waals surface area contributed by atoms with E-state index in [1.165, 1.54) is 12.5 Å². The zero-order valence-electron chi connectivity index (χ0n) is 15.3. The molecule has 1 amide bonds. The molecule has 1 aromatic rings. The van der Waals surface area contributed by atoms with Crippen LogP contribution in [0, 0.1) is 5.92 Å². The zero-order chi connectivity index (χ0) is 18.8. The van der Waals surface area contributed by atoms with E-state index in [9.17, 15) is 9.59 Å². The molecule has 1 aliphatic rings. The van der Waals surface area contributed by atoms with E-state index in [1.807, 2.05) is 24.3 Å². The smallest absolute Gasteiger partial charge is 0.331 e. The summed E-state index contributed by atoms with van der Waals surface area (Å²) in [7, 11) is 0. The quantitative estimate of drug-likeness (QED) is 0.439. The van der Waals surface area contributed by atoms with Crippen LogP contribution in [-0.2, 0) is 14.3 Å². The Hall–Kier alpha value is -2.56.